The highest BCUT2D eigenvalue weighted by Gasteiger charge is 2.35. The van der Waals surface area contributed by atoms with Crippen molar-refractivity contribution >= 4 is 24.0 Å². The van der Waals surface area contributed by atoms with Crippen molar-refractivity contribution in [2.24, 2.45) is 5.92 Å². The molecular weight excluding hydrogens is 376 g/mol. The number of nitrogens with zero attached hydrogens (tertiary/aromatic N) is 3. The molecule has 28 heavy (non-hydrogen) atoms. The zero-order valence-electron chi connectivity index (χ0n) is 17.5. The zero-order valence-corrected chi connectivity index (χ0v) is 18.3. The SMILES string of the molecule is CC(C)C[C@@H](C(=O)c1nnc(SCCNC(C)C)o1)N(C=O)C1CCCCC1. The van der Waals surface area contributed by atoms with Crippen LogP contribution in [0.1, 0.15) is 76.9 Å². The van der Waals surface area contributed by atoms with Crippen LogP contribution in [0.3, 0.4) is 0 Å². The number of ketones is 1. The third kappa shape index (κ3) is 6.88. The first-order valence-corrected chi connectivity index (χ1v) is 11.4. The van der Waals surface area contributed by atoms with E-state index in [9.17, 15) is 9.59 Å². The number of nitrogens with one attached hydrogen (secondary N) is 1. The van der Waals surface area contributed by atoms with Crippen molar-refractivity contribution in [1.82, 2.24) is 20.4 Å². The Morgan fingerprint density at radius 1 is 1.25 bits per heavy atom. The van der Waals surface area contributed by atoms with Crippen molar-refractivity contribution in [3.63, 3.8) is 0 Å². The van der Waals surface area contributed by atoms with E-state index in [0.717, 1.165) is 44.4 Å². The number of Topliss-reactive ketones (excluding diaryl/α,β-unsaturated/α-hetero) is 1. The maximum absolute atomic E-state index is 13.1. The maximum Gasteiger partial charge on any atom is 0.286 e. The molecule has 7 nitrogen and oxygen atoms in total. The lowest BCUT2D eigenvalue weighted by Crippen LogP contribution is -2.48. The first-order chi connectivity index (χ1) is 13.4. The molecule has 8 heteroatoms. The quantitative estimate of drug-likeness (QED) is 0.244. The molecule has 0 aliphatic heterocycles. The lowest BCUT2D eigenvalue weighted by atomic mass is 9.91. The largest absolute Gasteiger partial charge is 0.408 e. The summed E-state index contributed by atoms with van der Waals surface area (Å²) in [5.74, 6) is 0.823. The molecule has 1 atom stereocenters. The minimum absolute atomic E-state index is 0.00706. The molecule has 1 aliphatic rings. The monoisotopic (exact) mass is 410 g/mol. The highest BCUT2D eigenvalue weighted by Crippen LogP contribution is 2.27. The molecule has 1 saturated carbocycles. The van der Waals surface area contributed by atoms with Crippen LogP contribution in [0.25, 0.3) is 0 Å². The van der Waals surface area contributed by atoms with Gasteiger partial charge in [-0.3, -0.25) is 9.59 Å². The van der Waals surface area contributed by atoms with Crippen molar-refractivity contribution in [2.45, 2.75) is 89.6 Å². The molecule has 1 aromatic heterocycles. The molecule has 1 fully saturated rings. The number of aromatic nitrogens is 2. The number of carbonyl (C=O) groups excluding carboxylic acids is 2. The molecule has 0 aromatic carbocycles. The molecule has 0 spiro atoms. The van der Waals surface area contributed by atoms with Crippen LogP contribution in [0.15, 0.2) is 9.64 Å². The van der Waals surface area contributed by atoms with Gasteiger partial charge in [-0.15, -0.1) is 10.2 Å². The number of amides is 1. The number of thioether (sulfide) groups is 1. The normalized spacial score (nSPS) is 16.5. The fourth-order valence-electron chi connectivity index (χ4n) is 3.60. The molecule has 1 N–H and O–H groups in total. The summed E-state index contributed by atoms with van der Waals surface area (Å²) >= 11 is 1.43. The molecule has 0 saturated heterocycles. The molecule has 1 aromatic rings. The van der Waals surface area contributed by atoms with E-state index < -0.39 is 6.04 Å². The van der Waals surface area contributed by atoms with Crippen molar-refractivity contribution in [1.29, 1.82) is 0 Å². The van der Waals surface area contributed by atoms with E-state index in [2.05, 4.69) is 43.2 Å². The van der Waals surface area contributed by atoms with Crippen LogP contribution in [-0.4, -0.2) is 57.7 Å². The first kappa shape index (κ1) is 22.9. The minimum atomic E-state index is -0.540. The van der Waals surface area contributed by atoms with E-state index in [1.54, 1.807) is 4.90 Å². The van der Waals surface area contributed by atoms with Gasteiger partial charge >= 0.3 is 0 Å². The van der Waals surface area contributed by atoms with Gasteiger partial charge in [0.25, 0.3) is 11.1 Å². The van der Waals surface area contributed by atoms with Crippen molar-refractivity contribution in [3.05, 3.63) is 5.89 Å². The predicted molar refractivity (Wildman–Crippen MR) is 111 cm³/mol. The van der Waals surface area contributed by atoms with Crippen molar-refractivity contribution in [3.8, 4) is 0 Å². The summed E-state index contributed by atoms with van der Waals surface area (Å²) in [6.45, 7) is 9.12. The van der Waals surface area contributed by atoms with Gasteiger partial charge in [-0.25, -0.2) is 0 Å². The summed E-state index contributed by atoms with van der Waals surface area (Å²) in [6.07, 6.45) is 6.74. The Balaban J connectivity index is 2.06. The first-order valence-electron chi connectivity index (χ1n) is 10.4. The van der Waals surface area contributed by atoms with Gasteiger partial charge in [0, 0.05) is 24.4 Å². The van der Waals surface area contributed by atoms with Crippen LogP contribution < -0.4 is 5.32 Å². The molecule has 0 unspecified atom stereocenters. The number of rotatable bonds is 12. The molecule has 0 bridgehead atoms. The van der Waals surface area contributed by atoms with Crippen molar-refractivity contribution in [2.75, 3.05) is 12.3 Å². The average molecular weight is 411 g/mol. The third-order valence-corrected chi connectivity index (χ3v) is 5.79. The molecule has 1 aliphatic carbocycles. The third-order valence-electron chi connectivity index (χ3n) is 4.97. The molecule has 1 amide bonds. The van der Waals surface area contributed by atoms with E-state index >= 15 is 0 Å². The summed E-state index contributed by atoms with van der Waals surface area (Å²) in [5.41, 5.74) is 0. The summed E-state index contributed by atoms with van der Waals surface area (Å²) in [6, 6.07) is 0.00524. The van der Waals surface area contributed by atoms with Crippen LogP contribution in [-0.2, 0) is 4.79 Å². The Morgan fingerprint density at radius 3 is 2.57 bits per heavy atom. The second-order valence-electron chi connectivity index (χ2n) is 8.18. The summed E-state index contributed by atoms with van der Waals surface area (Å²) < 4.78 is 5.62. The van der Waals surface area contributed by atoms with E-state index in [0.29, 0.717) is 17.7 Å². The summed E-state index contributed by atoms with van der Waals surface area (Å²) in [7, 11) is 0. The Kier molecular flexibility index (Phi) is 9.44. The van der Waals surface area contributed by atoms with Gasteiger partial charge in [0.2, 0.25) is 12.2 Å². The fraction of sp³-hybridized carbons (Fsp3) is 0.800. The number of hydrogen-bond acceptors (Lipinski definition) is 7. The highest BCUT2D eigenvalue weighted by molar-refractivity contribution is 7.99. The van der Waals surface area contributed by atoms with E-state index in [-0.39, 0.29) is 23.6 Å². The molecular formula is C20H34N4O3S. The molecule has 1 heterocycles. The summed E-state index contributed by atoms with van der Waals surface area (Å²) in [5, 5.41) is 11.7. The lowest BCUT2D eigenvalue weighted by molar-refractivity contribution is -0.122. The van der Waals surface area contributed by atoms with E-state index in [4.69, 9.17) is 4.42 Å². The predicted octanol–water partition coefficient (Wildman–Crippen LogP) is 3.55. The number of hydrogen-bond donors (Lipinski definition) is 1. The van der Waals surface area contributed by atoms with Crippen LogP contribution in [0.4, 0.5) is 0 Å². The lowest BCUT2D eigenvalue weighted by Gasteiger charge is -2.36. The van der Waals surface area contributed by atoms with Crippen LogP contribution >= 0.6 is 11.8 Å². The summed E-state index contributed by atoms with van der Waals surface area (Å²) in [4.78, 5) is 26.7. The smallest absolute Gasteiger partial charge is 0.286 e. The van der Waals surface area contributed by atoms with E-state index in [1.807, 2.05) is 0 Å². The molecule has 158 valence electrons. The van der Waals surface area contributed by atoms with Crippen molar-refractivity contribution < 1.29 is 14.0 Å². The van der Waals surface area contributed by atoms with Gasteiger partial charge in [-0.1, -0.05) is 58.7 Å². The maximum atomic E-state index is 13.1. The van der Waals surface area contributed by atoms with Gasteiger partial charge < -0.3 is 14.6 Å². The highest BCUT2D eigenvalue weighted by atomic mass is 32.2. The fourth-order valence-corrected chi connectivity index (χ4v) is 4.23. The second-order valence-corrected chi connectivity index (χ2v) is 9.23. The number of carbonyl (C=O) groups is 2. The van der Waals surface area contributed by atoms with Crippen LogP contribution in [0.5, 0.6) is 0 Å². The Hall–Kier alpha value is -1.41. The molecule has 2 rings (SSSR count). The standard InChI is InChI=1S/C20H34N4O3S/c1-14(2)12-17(24(13-25)16-8-6-5-7-9-16)18(26)19-22-23-20(27-19)28-11-10-21-15(3)4/h13-17,21H,5-12H2,1-4H3/t17-/m0/s1. The van der Waals surface area contributed by atoms with Crippen LogP contribution in [0, 0.1) is 5.92 Å². The van der Waals surface area contributed by atoms with Gasteiger partial charge in [-0.2, -0.15) is 0 Å². The van der Waals surface area contributed by atoms with Gasteiger partial charge in [0.15, 0.2) is 0 Å². The topological polar surface area (TPSA) is 88.3 Å². The molecule has 0 radical (unpaired) electrons. The second kappa shape index (κ2) is 11.6. The zero-order chi connectivity index (χ0) is 20.5. The Labute approximate surface area is 172 Å². The van der Waals surface area contributed by atoms with Crippen LogP contribution in [0.2, 0.25) is 0 Å². The minimum Gasteiger partial charge on any atom is -0.408 e. The van der Waals surface area contributed by atoms with Gasteiger partial charge in [-0.05, 0) is 25.2 Å². The van der Waals surface area contributed by atoms with Gasteiger partial charge in [0.1, 0.15) is 6.04 Å². The van der Waals surface area contributed by atoms with Gasteiger partial charge in [0.05, 0.1) is 0 Å². The average Bonchev–Trinajstić information content (AvgIpc) is 3.14. The van der Waals surface area contributed by atoms with E-state index in [1.165, 1.54) is 18.2 Å². The Morgan fingerprint density at radius 2 is 1.96 bits per heavy atom. The Bertz CT molecular complexity index is 614.